The number of hydrogen-bond donors (Lipinski definition) is 1. The van der Waals surface area contributed by atoms with Crippen LogP contribution in [0.3, 0.4) is 0 Å². The van der Waals surface area contributed by atoms with E-state index < -0.39 is 10.0 Å². The molecule has 0 aliphatic carbocycles. The quantitative estimate of drug-likeness (QED) is 0.336. The van der Waals surface area contributed by atoms with E-state index in [1.54, 1.807) is 42.7 Å². The SMILES string of the molecule is Cc1ccc(-c2coc(-c3ccc(NS(=O)(=O)c4ccc(CC(C)C)cc4)cc3)n2)c(C)c1. The van der Waals surface area contributed by atoms with Crippen LogP contribution in [0, 0.1) is 19.8 Å². The fourth-order valence-corrected chi connectivity index (χ4v) is 4.86. The molecule has 0 unspecified atom stereocenters. The number of nitrogens with one attached hydrogen (secondary N) is 1. The van der Waals surface area contributed by atoms with Crippen molar-refractivity contribution >= 4 is 15.7 Å². The van der Waals surface area contributed by atoms with E-state index in [0.29, 0.717) is 17.5 Å². The molecule has 0 saturated carbocycles. The van der Waals surface area contributed by atoms with Crippen LogP contribution < -0.4 is 4.72 Å². The number of nitrogens with zero attached hydrogens (tertiary/aromatic N) is 1. The van der Waals surface area contributed by atoms with Crippen LogP contribution >= 0.6 is 0 Å². The summed E-state index contributed by atoms with van der Waals surface area (Å²) in [4.78, 5) is 4.86. The molecular formula is C27H28N2O3S. The Morgan fingerprint density at radius 2 is 1.64 bits per heavy atom. The largest absolute Gasteiger partial charge is 0.444 e. The smallest absolute Gasteiger partial charge is 0.261 e. The van der Waals surface area contributed by atoms with E-state index >= 15 is 0 Å². The van der Waals surface area contributed by atoms with Gasteiger partial charge in [0.2, 0.25) is 5.89 Å². The number of aryl methyl sites for hydroxylation is 2. The molecule has 1 heterocycles. The van der Waals surface area contributed by atoms with Gasteiger partial charge in [0.05, 0.1) is 4.90 Å². The van der Waals surface area contributed by atoms with Gasteiger partial charge in [0.1, 0.15) is 12.0 Å². The van der Waals surface area contributed by atoms with Crippen molar-refractivity contribution in [3.05, 3.63) is 89.7 Å². The van der Waals surface area contributed by atoms with E-state index in [-0.39, 0.29) is 4.90 Å². The second kappa shape index (κ2) is 9.24. The summed E-state index contributed by atoms with van der Waals surface area (Å²) in [6, 6.07) is 20.2. The first kappa shape index (κ1) is 22.8. The number of oxazole rings is 1. The lowest BCUT2D eigenvalue weighted by atomic mass is 10.0. The lowest BCUT2D eigenvalue weighted by molar-refractivity contribution is 0.575. The Kier molecular flexibility index (Phi) is 6.38. The standard InChI is InChI=1S/C27H28N2O3S/c1-18(2)15-21-6-12-24(13-7-21)33(30,31)29-23-10-8-22(9-11-23)27-28-26(17-32-27)25-14-5-19(3)16-20(25)4/h5-14,16-18,29H,15H2,1-4H3. The minimum Gasteiger partial charge on any atom is -0.444 e. The van der Waals surface area contributed by atoms with Crippen LogP contribution in [0.2, 0.25) is 0 Å². The molecule has 1 N–H and O–H groups in total. The van der Waals surface area contributed by atoms with Crippen LogP contribution in [0.15, 0.2) is 82.3 Å². The summed E-state index contributed by atoms with van der Waals surface area (Å²) in [6.07, 6.45) is 2.56. The molecule has 4 aromatic rings. The highest BCUT2D eigenvalue weighted by Crippen LogP contribution is 2.28. The predicted octanol–water partition coefficient (Wildman–Crippen LogP) is 6.62. The summed E-state index contributed by atoms with van der Waals surface area (Å²) in [5.41, 5.74) is 6.51. The Hall–Kier alpha value is -3.38. The van der Waals surface area contributed by atoms with E-state index in [4.69, 9.17) is 4.42 Å². The van der Waals surface area contributed by atoms with E-state index in [9.17, 15) is 8.42 Å². The van der Waals surface area contributed by atoms with Crippen molar-refractivity contribution < 1.29 is 12.8 Å². The molecule has 0 radical (unpaired) electrons. The molecule has 170 valence electrons. The van der Waals surface area contributed by atoms with E-state index in [2.05, 4.69) is 49.5 Å². The zero-order valence-electron chi connectivity index (χ0n) is 19.3. The molecule has 0 saturated heterocycles. The Labute approximate surface area is 195 Å². The molecule has 0 atom stereocenters. The molecule has 0 bridgehead atoms. The van der Waals surface area contributed by atoms with Gasteiger partial charge in [-0.3, -0.25) is 4.72 Å². The molecule has 4 rings (SSSR count). The minimum absolute atomic E-state index is 0.241. The Balaban J connectivity index is 1.49. The molecule has 33 heavy (non-hydrogen) atoms. The average molecular weight is 461 g/mol. The average Bonchev–Trinajstić information content (AvgIpc) is 3.24. The van der Waals surface area contributed by atoms with Gasteiger partial charge in [-0.1, -0.05) is 49.7 Å². The fourth-order valence-electron chi connectivity index (χ4n) is 3.80. The van der Waals surface area contributed by atoms with Gasteiger partial charge < -0.3 is 4.42 Å². The summed E-state index contributed by atoms with van der Waals surface area (Å²) in [5.74, 6) is 1.00. The summed E-state index contributed by atoms with van der Waals surface area (Å²) in [6.45, 7) is 8.38. The number of benzene rings is 3. The number of hydrogen-bond acceptors (Lipinski definition) is 4. The summed E-state index contributed by atoms with van der Waals surface area (Å²) in [5, 5.41) is 0. The van der Waals surface area contributed by atoms with Crippen LogP contribution in [0.1, 0.15) is 30.5 Å². The van der Waals surface area contributed by atoms with Gasteiger partial charge in [0, 0.05) is 16.8 Å². The van der Waals surface area contributed by atoms with Crippen molar-refractivity contribution in [2.24, 2.45) is 5.92 Å². The second-order valence-corrected chi connectivity index (χ2v) is 10.5. The lowest BCUT2D eigenvalue weighted by Gasteiger charge is -2.10. The van der Waals surface area contributed by atoms with Crippen LogP contribution in [-0.2, 0) is 16.4 Å². The van der Waals surface area contributed by atoms with Crippen molar-refractivity contribution in [3.63, 3.8) is 0 Å². The van der Waals surface area contributed by atoms with Crippen LogP contribution in [0.25, 0.3) is 22.7 Å². The summed E-state index contributed by atoms with van der Waals surface area (Å²) >= 11 is 0. The maximum absolute atomic E-state index is 12.8. The Morgan fingerprint density at radius 3 is 2.27 bits per heavy atom. The number of sulfonamides is 1. The zero-order chi connectivity index (χ0) is 23.6. The first-order valence-corrected chi connectivity index (χ1v) is 12.4. The number of rotatable bonds is 7. The minimum atomic E-state index is -3.67. The van der Waals surface area contributed by atoms with Gasteiger partial charge in [-0.25, -0.2) is 13.4 Å². The topological polar surface area (TPSA) is 72.2 Å². The highest BCUT2D eigenvalue weighted by atomic mass is 32.2. The fraction of sp³-hybridized carbons (Fsp3) is 0.222. The molecule has 0 spiro atoms. The second-order valence-electron chi connectivity index (χ2n) is 8.78. The van der Waals surface area contributed by atoms with E-state index in [1.165, 1.54) is 5.56 Å². The number of anilines is 1. The molecule has 3 aromatic carbocycles. The molecule has 1 aromatic heterocycles. The Morgan fingerprint density at radius 1 is 0.939 bits per heavy atom. The molecule has 0 amide bonds. The van der Waals surface area contributed by atoms with Crippen molar-refractivity contribution in [2.45, 2.75) is 39.0 Å². The third kappa shape index (κ3) is 5.34. The van der Waals surface area contributed by atoms with Gasteiger partial charge >= 0.3 is 0 Å². The van der Waals surface area contributed by atoms with Crippen molar-refractivity contribution in [1.82, 2.24) is 4.98 Å². The van der Waals surface area contributed by atoms with Gasteiger partial charge in [-0.15, -0.1) is 0 Å². The van der Waals surface area contributed by atoms with Crippen LogP contribution in [0.5, 0.6) is 0 Å². The first-order chi connectivity index (χ1) is 15.7. The first-order valence-electron chi connectivity index (χ1n) is 11.0. The molecule has 5 nitrogen and oxygen atoms in total. The Bertz CT molecular complexity index is 1350. The molecule has 0 aliphatic heterocycles. The highest BCUT2D eigenvalue weighted by molar-refractivity contribution is 7.92. The molecule has 6 heteroatoms. The van der Waals surface area contributed by atoms with Crippen LogP contribution in [0.4, 0.5) is 5.69 Å². The normalized spacial score (nSPS) is 11.7. The predicted molar refractivity (Wildman–Crippen MR) is 133 cm³/mol. The van der Waals surface area contributed by atoms with E-state index in [0.717, 1.165) is 34.4 Å². The number of aromatic nitrogens is 1. The summed E-state index contributed by atoms with van der Waals surface area (Å²) < 4.78 is 33.9. The van der Waals surface area contributed by atoms with Gasteiger partial charge in [-0.2, -0.15) is 0 Å². The lowest BCUT2D eigenvalue weighted by Crippen LogP contribution is -2.13. The monoisotopic (exact) mass is 460 g/mol. The van der Waals surface area contributed by atoms with Gasteiger partial charge in [0.25, 0.3) is 10.0 Å². The summed E-state index contributed by atoms with van der Waals surface area (Å²) in [7, 11) is -3.67. The zero-order valence-corrected chi connectivity index (χ0v) is 20.1. The van der Waals surface area contributed by atoms with Gasteiger partial charge in [0.15, 0.2) is 0 Å². The molecular weight excluding hydrogens is 432 g/mol. The van der Waals surface area contributed by atoms with Gasteiger partial charge in [-0.05, 0) is 73.7 Å². The van der Waals surface area contributed by atoms with Crippen molar-refractivity contribution in [2.75, 3.05) is 4.72 Å². The maximum Gasteiger partial charge on any atom is 0.261 e. The van der Waals surface area contributed by atoms with Crippen molar-refractivity contribution in [3.8, 4) is 22.7 Å². The highest BCUT2D eigenvalue weighted by Gasteiger charge is 2.15. The third-order valence-corrected chi connectivity index (χ3v) is 6.82. The maximum atomic E-state index is 12.8. The molecule has 0 fully saturated rings. The van der Waals surface area contributed by atoms with E-state index in [1.807, 2.05) is 18.2 Å². The van der Waals surface area contributed by atoms with Crippen LogP contribution in [-0.4, -0.2) is 13.4 Å². The van der Waals surface area contributed by atoms with Crippen molar-refractivity contribution in [1.29, 1.82) is 0 Å². The third-order valence-electron chi connectivity index (χ3n) is 5.42. The molecule has 0 aliphatic rings.